The van der Waals surface area contributed by atoms with Crippen molar-refractivity contribution in [1.29, 1.82) is 0 Å². The normalized spacial score (nSPS) is 17.4. The molecule has 1 aromatic carbocycles. The van der Waals surface area contributed by atoms with Crippen LogP contribution in [-0.4, -0.2) is 54.1 Å². The number of piperidine rings is 1. The van der Waals surface area contributed by atoms with Crippen molar-refractivity contribution in [3.63, 3.8) is 0 Å². The number of benzene rings is 1. The number of aromatic nitrogens is 2. The summed E-state index contributed by atoms with van der Waals surface area (Å²) >= 11 is 0. The molecule has 1 aliphatic heterocycles. The zero-order chi connectivity index (χ0) is 19.8. The second-order valence-electron chi connectivity index (χ2n) is 7.19. The van der Waals surface area contributed by atoms with Gasteiger partial charge in [0, 0.05) is 31.0 Å². The van der Waals surface area contributed by atoms with Crippen LogP contribution in [0.1, 0.15) is 24.8 Å². The number of hydrogen-bond donors (Lipinski definition) is 2. The van der Waals surface area contributed by atoms with Gasteiger partial charge in [-0.05, 0) is 51.0 Å². The lowest BCUT2D eigenvalue weighted by Gasteiger charge is -2.31. The van der Waals surface area contributed by atoms with Crippen LogP contribution in [0.3, 0.4) is 0 Å². The van der Waals surface area contributed by atoms with Crippen LogP contribution in [0.5, 0.6) is 5.75 Å². The topological polar surface area (TPSA) is 93.4 Å². The maximum Gasteiger partial charge on any atom is 0.221 e. The molecule has 0 aliphatic carbocycles. The highest BCUT2D eigenvalue weighted by Crippen LogP contribution is 2.26. The van der Waals surface area contributed by atoms with Gasteiger partial charge in [-0.25, -0.2) is 9.97 Å². The molecule has 2 heterocycles. The van der Waals surface area contributed by atoms with Crippen molar-refractivity contribution >= 4 is 5.91 Å². The minimum absolute atomic E-state index is 0.0145. The molecule has 1 fully saturated rings. The number of methoxy groups -OCH3 is 1. The Labute approximate surface area is 166 Å². The highest BCUT2D eigenvalue weighted by atomic mass is 16.5. The third kappa shape index (κ3) is 5.50. The summed E-state index contributed by atoms with van der Waals surface area (Å²) in [6, 6.07) is 7.74. The monoisotopic (exact) mass is 383 g/mol. The van der Waals surface area contributed by atoms with E-state index < -0.39 is 0 Å². The van der Waals surface area contributed by atoms with Crippen molar-refractivity contribution in [2.24, 2.45) is 11.7 Å². The molecule has 28 heavy (non-hydrogen) atoms. The van der Waals surface area contributed by atoms with Crippen LogP contribution in [0.15, 0.2) is 36.7 Å². The molecule has 150 valence electrons. The van der Waals surface area contributed by atoms with Crippen LogP contribution in [0.4, 0.5) is 0 Å². The van der Waals surface area contributed by atoms with E-state index in [1.54, 1.807) is 7.11 Å². The molecule has 7 heteroatoms. The third-order valence-corrected chi connectivity index (χ3v) is 5.12. The average molecular weight is 383 g/mol. The molecular weight excluding hydrogens is 354 g/mol. The molecule has 1 unspecified atom stereocenters. The zero-order valence-electron chi connectivity index (χ0n) is 16.4. The molecule has 3 N–H and O–H groups in total. The van der Waals surface area contributed by atoms with Gasteiger partial charge in [0.25, 0.3) is 0 Å². The molecule has 1 amide bonds. The van der Waals surface area contributed by atoms with Crippen molar-refractivity contribution in [3.05, 3.63) is 42.2 Å². The number of primary amides is 1. The Balaban J connectivity index is 1.40. The quantitative estimate of drug-likeness (QED) is 0.642. The van der Waals surface area contributed by atoms with Gasteiger partial charge in [0.05, 0.1) is 18.6 Å². The summed E-state index contributed by atoms with van der Waals surface area (Å²) in [5, 5.41) is 3.43. The molecule has 0 saturated carbocycles. The predicted molar refractivity (Wildman–Crippen MR) is 109 cm³/mol. The first-order chi connectivity index (χ1) is 13.7. The highest BCUT2D eigenvalue weighted by molar-refractivity contribution is 5.76. The Bertz CT molecular complexity index is 766. The molecule has 7 nitrogen and oxygen atoms in total. The lowest BCUT2D eigenvalue weighted by atomic mass is 9.97. The van der Waals surface area contributed by atoms with Crippen molar-refractivity contribution in [2.75, 3.05) is 33.3 Å². The van der Waals surface area contributed by atoms with E-state index in [9.17, 15) is 4.79 Å². The first-order valence-electron chi connectivity index (χ1n) is 9.84. The second kappa shape index (κ2) is 10.1. The molecule has 0 radical (unpaired) electrons. The van der Waals surface area contributed by atoms with Gasteiger partial charge in [-0.2, -0.15) is 0 Å². The van der Waals surface area contributed by atoms with Crippen molar-refractivity contribution in [3.8, 4) is 17.1 Å². The Morgan fingerprint density at radius 1 is 1.32 bits per heavy atom. The standard InChI is InChI=1S/C21H29N5O2/c1-28-19-8-3-2-7-18(19)21-24-13-16(14-25-21)12-23-9-5-11-26-10-4-6-17(15-26)20(22)27/h2-3,7-8,13-14,17,23H,4-6,9-12,15H2,1H3,(H2,22,27). The van der Waals surface area contributed by atoms with E-state index in [0.717, 1.165) is 68.9 Å². The fraction of sp³-hybridized carbons (Fsp3) is 0.476. The van der Waals surface area contributed by atoms with Crippen LogP contribution < -0.4 is 15.8 Å². The van der Waals surface area contributed by atoms with E-state index in [0.29, 0.717) is 5.82 Å². The Morgan fingerprint density at radius 3 is 2.86 bits per heavy atom. The van der Waals surface area contributed by atoms with Crippen LogP contribution in [-0.2, 0) is 11.3 Å². The van der Waals surface area contributed by atoms with E-state index in [2.05, 4.69) is 20.2 Å². The molecule has 2 aromatic rings. The van der Waals surface area contributed by atoms with Crippen LogP contribution >= 0.6 is 0 Å². The SMILES string of the molecule is COc1ccccc1-c1ncc(CNCCCN2CCCC(C(N)=O)C2)cn1. The summed E-state index contributed by atoms with van der Waals surface area (Å²) in [5.41, 5.74) is 7.37. The summed E-state index contributed by atoms with van der Waals surface area (Å²) in [6.07, 6.45) is 6.71. The number of likely N-dealkylation sites (tertiary alicyclic amines) is 1. The fourth-order valence-electron chi connectivity index (χ4n) is 3.57. The number of nitrogens with two attached hydrogens (primary N) is 1. The molecule has 0 bridgehead atoms. The zero-order valence-corrected chi connectivity index (χ0v) is 16.4. The number of ether oxygens (including phenoxy) is 1. The second-order valence-corrected chi connectivity index (χ2v) is 7.19. The lowest BCUT2D eigenvalue weighted by molar-refractivity contribution is -0.123. The minimum atomic E-state index is -0.167. The minimum Gasteiger partial charge on any atom is -0.496 e. The van der Waals surface area contributed by atoms with Crippen LogP contribution in [0.2, 0.25) is 0 Å². The third-order valence-electron chi connectivity index (χ3n) is 5.12. The number of rotatable bonds is 9. The number of carbonyl (C=O) groups is 1. The summed E-state index contributed by atoms with van der Waals surface area (Å²) in [7, 11) is 1.65. The summed E-state index contributed by atoms with van der Waals surface area (Å²) in [6.45, 7) is 4.48. The van der Waals surface area contributed by atoms with Crippen molar-refractivity contribution in [2.45, 2.75) is 25.8 Å². The number of para-hydroxylation sites is 1. The molecule has 1 saturated heterocycles. The molecule has 1 atom stereocenters. The number of carbonyl (C=O) groups excluding carboxylic acids is 1. The molecule has 0 spiro atoms. The van der Waals surface area contributed by atoms with Crippen molar-refractivity contribution < 1.29 is 9.53 Å². The van der Waals surface area contributed by atoms with Crippen molar-refractivity contribution in [1.82, 2.24) is 20.2 Å². The van der Waals surface area contributed by atoms with Gasteiger partial charge in [0.2, 0.25) is 5.91 Å². The van der Waals surface area contributed by atoms with Gasteiger partial charge in [0.15, 0.2) is 5.82 Å². The van der Waals surface area contributed by atoms with Gasteiger partial charge in [-0.3, -0.25) is 4.79 Å². The molecule has 1 aromatic heterocycles. The lowest BCUT2D eigenvalue weighted by Crippen LogP contribution is -2.41. The maximum absolute atomic E-state index is 11.3. The summed E-state index contributed by atoms with van der Waals surface area (Å²) in [5.74, 6) is 1.28. The number of hydrogen-bond acceptors (Lipinski definition) is 6. The largest absolute Gasteiger partial charge is 0.496 e. The molecular formula is C21H29N5O2. The van der Waals surface area contributed by atoms with Gasteiger partial charge in [0.1, 0.15) is 5.75 Å². The summed E-state index contributed by atoms with van der Waals surface area (Å²) in [4.78, 5) is 22.6. The van der Waals surface area contributed by atoms with Crippen LogP contribution in [0, 0.1) is 5.92 Å². The Hall–Kier alpha value is -2.51. The van der Waals surface area contributed by atoms with E-state index in [4.69, 9.17) is 10.5 Å². The number of amides is 1. The average Bonchev–Trinajstić information content (AvgIpc) is 2.74. The summed E-state index contributed by atoms with van der Waals surface area (Å²) < 4.78 is 5.37. The smallest absolute Gasteiger partial charge is 0.221 e. The Kier molecular flexibility index (Phi) is 7.33. The van der Waals surface area contributed by atoms with Gasteiger partial charge in [-0.1, -0.05) is 12.1 Å². The van der Waals surface area contributed by atoms with E-state index >= 15 is 0 Å². The molecule has 1 aliphatic rings. The van der Waals surface area contributed by atoms with Gasteiger partial charge in [-0.15, -0.1) is 0 Å². The van der Waals surface area contributed by atoms with E-state index in [1.165, 1.54) is 0 Å². The predicted octanol–water partition coefficient (Wildman–Crippen LogP) is 1.83. The highest BCUT2D eigenvalue weighted by Gasteiger charge is 2.23. The first-order valence-corrected chi connectivity index (χ1v) is 9.84. The van der Waals surface area contributed by atoms with E-state index in [1.807, 2.05) is 36.7 Å². The van der Waals surface area contributed by atoms with Crippen LogP contribution in [0.25, 0.3) is 11.4 Å². The molecule has 3 rings (SSSR count). The maximum atomic E-state index is 11.3. The van der Waals surface area contributed by atoms with Gasteiger partial charge < -0.3 is 20.7 Å². The van der Waals surface area contributed by atoms with E-state index in [-0.39, 0.29) is 11.8 Å². The number of nitrogens with zero attached hydrogens (tertiary/aromatic N) is 3. The first kappa shape index (κ1) is 20.2. The fourth-order valence-corrected chi connectivity index (χ4v) is 3.57. The van der Waals surface area contributed by atoms with Gasteiger partial charge >= 0.3 is 0 Å². The Morgan fingerprint density at radius 2 is 2.11 bits per heavy atom. The number of nitrogens with one attached hydrogen (secondary N) is 1.